The maximum atomic E-state index is 9.35. The predicted octanol–water partition coefficient (Wildman–Crippen LogP) is 1.61. The average Bonchev–Trinajstić information content (AvgIpc) is 3.09. The van der Waals surface area contributed by atoms with Gasteiger partial charge in [-0.3, -0.25) is 0 Å². The molecule has 3 nitrogen and oxygen atoms in total. The molecule has 100 valence electrons. The number of nitrogens with zero attached hydrogens (tertiary/aromatic N) is 1. The molecule has 2 fully saturated rings. The second-order valence-electron chi connectivity index (χ2n) is 5.80. The number of hydrogen-bond donors (Lipinski definition) is 2. The molecule has 0 aliphatic heterocycles. The van der Waals surface area contributed by atoms with Gasteiger partial charge in [-0.2, -0.15) is 0 Å². The van der Waals surface area contributed by atoms with Gasteiger partial charge in [-0.25, -0.2) is 0 Å². The Morgan fingerprint density at radius 3 is 2.53 bits per heavy atom. The minimum absolute atomic E-state index is 0.289. The zero-order chi connectivity index (χ0) is 12.1. The monoisotopic (exact) mass is 240 g/mol. The number of nitrogens with one attached hydrogen (secondary N) is 1. The Hall–Kier alpha value is -0.120. The third-order valence-electron chi connectivity index (χ3n) is 4.25. The lowest BCUT2D eigenvalue weighted by Gasteiger charge is -2.32. The van der Waals surface area contributed by atoms with Crippen LogP contribution in [0.4, 0.5) is 0 Å². The van der Waals surface area contributed by atoms with Crippen molar-refractivity contribution in [3.8, 4) is 0 Å². The van der Waals surface area contributed by atoms with Crippen LogP contribution >= 0.6 is 0 Å². The molecule has 0 aromatic rings. The zero-order valence-electron chi connectivity index (χ0n) is 11.2. The van der Waals surface area contributed by atoms with Gasteiger partial charge in [-0.1, -0.05) is 13.3 Å². The molecule has 2 N–H and O–H groups in total. The van der Waals surface area contributed by atoms with E-state index in [2.05, 4.69) is 17.1 Å². The number of aliphatic hydroxyl groups is 1. The van der Waals surface area contributed by atoms with Crippen LogP contribution in [-0.4, -0.2) is 48.3 Å². The molecule has 2 aliphatic rings. The Labute approximate surface area is 106 Å². The van der Waals surface area contributed by atoms with Gasteiger partial charge in [0.1, 0.15) is 0 Å². The molecule has 0 saturated heterocycles. The summed E-state index contributed by atoms with van der Waals surface area (Å²) >= 11 is 0. The summed E-state index contributed by atoms with van der Waals surface area (Å²) in [7, 11) is 0. The van der Waals surface area contributed by atoms with E-state index in [0.717, 1.165) is 25.4 Å². The first-order valence-corrected chi connectivity index (χ1v) is 7.41. The maximum Gasteiger partial charge on any atom is 0.0585 e. The van der Waals surface area contributed by atoms with Crippen molar-refractivity contribution in [2.24, 2.45) is 5.92 Å². The van der Waals surface area contributed by atoms with Crippen LogP contribution in [0.25, 0.3) is 0 Å². The maximum absolute atomic E-state index is 9.35. The van der Waals surface area contributed by atoms with Crippen LogP contribution in [0.1, 0.15) is 45.4 Å². The SMILES string of the molecule is CCN(CCC(CO)NC1CC1)CC1CCC1. The normalized spacial score (nSPS) is 22.8. The third-order valence-corrected chi connectivity index (χ3v) is 4.25. The Morgan fingerprint density at radius 2 is 2.06 bits per heavy atom. The fourth-order valence-electron chi connectivity index (χ4n) is 2.57. The van der Waals surface area contributed by atoms with Crippen molar-refractivity contribution in [1.29, 1.82) is 0 Å². The second-order valence-corrected chi connectivity index (χ2v) is 5.80. The fourth-order valence-corrected chi connectivity index (χ4v) is 2.57. The van der Waals surface area contributed by atoms with Crippen molar-refractivity contribution >= 4 is 0 Å². The highest BCUT2D eigenvalue weighted by Gasteiger charge is 2.25. The zero-order valence-corrected chi connectivity index (χ0v) is 11.2. The van der Waals surface area contributed by atoms with Crippen molar-refractivity contribution in [1.82, 2.24) is 10.2 Å². The first-order chi connectivity index (χ1) is 8.31. The Kier molecular flexibility index (Phi) is 5.26. The smallest absolute Gasteiger partial charge is 0.0585 e. The third kappa shape index (κ3) is 4.57. The Morgan fingerprint density at radius 1 is 1.29 bits per heavy atom. The summed E-state index contributed by atoms with van der Waals surface area (Å²) in [5.41, 5.74) is 0. The minimum atomic E-state index is 0.289. The molecule has 0 spiro atoms. The second kappa shape index (κ2) is 6.72. The van der Waals surface area contributed by atoms with Crippen molar-refractivity contribution in [3.63, 3.8) is 0 Å². The van der Waals surface area contributed by atoms with E-state index in [1.807, 2.05) is 0 Å². The highest BCUT2D eigenvalue weighted by Crippen LogP contribution is 2.27. The van der Waals surface area contributed by atoms with Gasteiger partial charge in [0.25, 0.3) is 0 Å². The van der Waals surface area contributed by atoms with Crippen LogP contribution < -0.4 is 5.32 Å². The molecule has 17 heavy (non-hydrogen) atoms. The van der Waals surface area contributed by atoms with Gasteiger partial charge in [0.15, 0.2) is 0 Å². The highest BCUT2D eigenvalue weighted by atomic mass is 16.3. The van der Waals surface area contributed by atoms with E-state index in [1.54, 1.807) is 0 Å². The summed E-state index contributed by atoms with van der Waals surface area (Å²) in [5.74, 6) is 0.957. The lowest BCUT2D eigenvalue weighted by molar-refractivity contribution is 0.165. The van der Waals surface area contributed by atoms with Crippen molar-refractivity contribution in [2.75, 3.05) is 26.2 Å². The van der Waals surface area contributed by atoms with E-state index in [4.69, 9.17) is 0 Å². The molecule has 0 bridgehead atoms. The lowest BCUT2D eigenvalue weighted by atomic mass is 9.85. The molecule has 3 heteroatoms. The average molecular weight is 240 g/mol. The molecule has 0 heterocycles. The summed E-state index contributed by atoms with van der Waals surface area (Å²) in [6.07, 6.45) is 7.99. The summed E-state index contributed by atoms with van der Waals surface area (Å²) in [6, 6.07) is 1.02. The van der Waals surface area contributed by atoms with E-state index in [1.165, 1.54) is 38.6 Å². The number of aliphatic hydroxyl groups excluding tert-OH is 1. The van der Waals surface area contributed by atoms with Gasteiger partial charge in [-0.15, -0.1) is 0 Å². The van der Waals surface area contributed by atoms with Crippen LogP contribution in [0.15, 0.2) is 0 Å². The summed E-state index contributed by atoms with van der Waals surface area (Å²) < 4.78 is 0. The topological polar surface area (TPSA) is 35.5 Å². The van der Waals surface area contributed by atoms with Crippen LogP contribution in [-0.2, 0) is 0 Å². The molecule has 2 saturated carbocycles. The van der Waals surface area contributed by atoms with Gasteiger partial charge in [-0.05, 0) is 51.1 Å². The van der Waals surface area contributed by atoms with Crippen LogP contribution in [0.2, 0.25) is 0 Å². The van der Waals surface area contributed by atoms with E-state index >= 15 is 0 Å². The standard InChI is InChI=1S/C14H28N2O/c1-2-16(10-12-4-3-5-12)9-8-14(11-17)15-13-6-7-13/h12-15,17H,2-11H2,1H3. The molecule has 0 amide bonds. The van der Waals surface area contributed by atoms with Gasteiger partial charge in [0.05, 0.1) is 6.61 Å². The van der Waals surface area contributed by atoms with Crippen LogP contribution in [0.5, 0.6) is 0 Å². The predicted molar refractivity (Wildman–Crippen MR) is 71.1 cm³/mol. The number of hydrogen-bond acceptors (Lipinski definition) is 3. The molecule has 1 unspecified atom stereocenters. The van der Waals surface area contributed by atoms with Gasteiger partial charge >= 0.3 is 0 Å². The van der Waals surface area contributed by atoms with Crippen molar-refractivity contribution in [2.45, 2.75) is 57.5 Å². The van der Waals surface area contributed by atoms with Crippen molar-refractivity contribution in [3.05, 3.63) is 0 Å². The van der Waals surface area contributed by atoms with E-state index in [0.29, 0.717) is 12.1 Å². The molecular formula is C14H28N2O. The minimum Gasteiger partial charge on any atom is -0.395 e. The van der Waals surface area contributed by atoms with Crippen molar-refractivity contribution < 1.29 is 5.11 Å². The molecule has 2 rings (SSSR count). The molecule has 0 aromatic heterocycles. The summed E-state index contributed by atoms with van der Waals surface area (Å²) in [5, 5.41) is 12.9. The van der Waals surface area contributed by atoms with Crippen LogP contribution in [0.3, 0.4) is 0 Å². The molecule has 2 aliphatic carbocycles. The van der Waals surface area contributed by atoms with E-state index in [-0.39, 0.29) is 6.61 Å². The molecule has 0 radical (unpaired) electrons. The largest absolute Gasteiger partial charge is 0.395 e. The first-order valence-electron chi connectivity index (χ1n) is 7.41. The fraction of sp³-hybridized carbons (Fsp3) is 1.00. The molecule has 1 atom stereocenters. The quantitative estimate of drug-likeness (QED) is 0.643. The van der Waals surface area contributed by atoms with Crippen LogP contribution in [0, 0.1) is 5.92 Å². The van der Waals surface area contributed by atoms with Gasteiger partial charge in [0, 0.05) is 18.6 Å². The summed E-state index contributed by atoms with van der Waals surface area (Å²) in [4.78, 5) is 2.56. The molecule has 0 aromatic carbocycles. The van der Waals surface area contributed by atoms with E-state index in [9.17, 15) is 5.11 Å². The van der Waals surface area contributed by atoms with Gasteiger partial charge < -0.3 is 15.3 Å². The first kappa shape index (κ1) is 13.3. The van der Waals surface area contributed by atoms with Gasteiger partial charge in [0.2, 0.25) is 0 Å². The van der Waals surface area contributed by atoms with E-state index < -0.39 is 0 Å². The Bertz CT molecular complexity index is 214. The number of rotatable bonds is 9. The Balaban J connectivity index is 1.61. The highest BCUT2D eigenvalue weighted by molar-refractivity contribution is 4.85. The summed E-state index contributed by atoms with van der Waals surface area (Å²) in [6.45, 7) is 6.10. The molecular weight excluding hydrogens is 212 g/mol. The lowest BCUT2D eigenvalue weighted by Crippen LogP contribution is -2.39.